The van der Waals surface area contributed by atoms with Gasteiger partial charge in [0.25, 0.3) is 0 Å². The average Bonchev–Trinajstić information content (AvgIpc) is 2.46. The molecule has 4 nitrogen and oxygen atoms in total. The number of aromatic nitrogens is 2. The van der Waals surface area contributed by atoms with Crippen molar-refractivity contribution in [2.75, 3.05) is 17.2 Å². The Kier molecular flexibility index (Phi) is 5.78. The maximum Gasteiger partial charge on any atom is 0.139 e. The third kappa shape index (κ3) is 4.06. The van der Waals surface area contributed by atoms with Crippen LogP contribution in [-0.2, 0) is 6.42 Å². The second-order valence-electron chi connectivity index (χ2n) is 4.85. The number of aryl methyl sites for hydroxylation is 1. The van der Waals surface area contributed by atoms with Gasteiger partial charge in [-0.15, -0.1) is 0 Å². The second kappa shape index (κ2) is 7.59. The number of benzene rings is 1. The topological polar surface area (TPSA) is 49.8 Å². The Bertz CT molecular complexity index is 613. The van der Waals surface area contributed by atoms with Crippen molar-refractivity contribution in [1.29, 1.82) is 0 Å². The van der Waals surface area contributed by atoms with E-state index in [-0.39, 0.29) is 0 Å². The number of nitrogens with one attached hydrogen (secondary N) is 2. The van der Waals surface area contributed by atoms with Crippen molar-refractivity contribution in [1.82, 2.24) is 9.97 Å². The predicted octanol–water partition coefficient (Wildman–Crippen LogP) is 4.52. The Hall–Kier alpha value is -1.37. The Labute approximate surface area is 139 Å². The summed E-state index contributed by atoms with van der Waals surface area (Å²) < 4.78 is 1.18. The van der Waals surface area contributed by atoms with Gasteiger partial charge >= 0.3 is 0 Å². The van der Waals surface area contributed by atoms with Gasteiger partial charge in [0.1, 0.15) is 17.5 Å². The van der Waals surface area contributed by atoms with Crippen molar-refractivity contribution in [2.24, 2.45) is 0 Å². The molecule has 0 aliphatic heterocycles. The molecule has 1 aromatic carbocycles. The molecule has 2 N–H and O–H groups in total. The molecule has 0 fully saturated rings. The van der Waals surface area contributed by atoms with E-state index in [9.17, 15) is 0 Å². The molecule has 21 heavy (non-hydrogen) atoms. The minimum absolute atomic E-state index is 0.853. The molecule has 1 aromatic heterocycles. The number of hydrogen-bond donors (Lipinski definition) is 2. The van der Waals surface area contributed by atoms with Crippen molar-refractivity contribution < 1.29 is 0 Å². The van der Waals surface area contributed by atoms with Gasteiger partial charge in [-0.25, -0.2) is 9.97 Å². The Morgan fingerprint density at radius 1 is 1.10 bits per heavy atom. The van der Waals surface area contributed by atoms with Gasteiger partial charge < -0.3 is 10.6 Å². The fourth-order valence-corrected chi connectivity index (χ4v) is 2.57. The molecule has 112 valence electrons. The maximum absolute atomic E-state index is 4.68. The minimum atomic E-state index is 0.853. The van der Waals surface area contributed by atoms with Crippen molar-refractivity contribution in [2.45, 2.75) is 33.6 Å². The first kappa shape index (κ1) is 16.0. The molecular formula is C16H21IN4. The summed E-state index contributed by atoms with van der Waals surface area (Å²) >= 11 is 2.33. The Morgan fingerprint density at radius 3 is 2.48 bits per heavy atom. The zero-order valence-corrected chi connectivity index (χ0v) is 14.9. The minimum Gasteiger partial charge on any atom is -0.370 e. The van der Waals surface area contributed by atoms with Crippen LogP contribution < -0.4 is 10.6 Å². The van der Waals surface area contributed by atoms with Crippen LogP contribution in [0.3, 0.4) is 0 Å². The van der Waals surface area contributed by atoms with Crippen molar-refractivity contribution in [3.63, 3.8) is 0 Å². The van der Waals surface area contributed by atoms with Gasteiger partial charge in [-0.3, -0.25) is 0 Å². The fraction of sp³-hybridized carbons (Fsp3) is 0.375. The molecule has 5 heteroatoms. The third-order valence-electron chi connectivity index (χ3n) is 3.14. The summed E-state index contributed by atoms with van der Waals surface area (Å²) in [6, 6.07) is 8.21. The normalized spacial score (nSPS) is 10.5. The van der Waals surface area contributed by atoms with Gasteiger partial charge in [0.05, 0.1) is 5.69 Å². The quantitative estimate of drug-likeness (QED) is 0.706. The molecular weight excluding hydrogens is 375 g/mol. The summed E-state index contributed by atoms with van der Waals surface area (Å²) in [4.78, 5) is 9.29. The Morgan fingerprint density at radius 2 is 1.81 bits per heavy atom. The van der Waals surface area contributed by atoms with E-state index in [2.05, 4.69) is 69.2 Å². The standard InChI is InChI=1S/C16H21IN4/c1-4-8-14-20-15(18-5-2)11(3)16(21-14)19-13-10-7-6-9-12(13)17/h6-7,9-10H,4-5,8H2,1-3H3,(H2,18,19,20,21). The molecule has 0 saturated heterocycles. The molecule has 0 bridgehead atoms. The van der Waals surface area contributed by atoms with E-state index >= 15 is 0 Å². The molecule has 0 radical (unpaired) electrons. The van der Waals surface area contributed by atoms with E-state index < -0.39 is 0 Å². The lowest BCUT2D eigenvalue weighted by Crippen LogP contribution is -2.09. The highest BCUT2D eigenvalue weighted by Crippen LogP contribution is 2.26. The van der Waals surface area contributed by atoms with Crippen molar-refractivity contribution >= 4 is 39.9 Å². The van der Waals surface area contributed by atoms with Gasteiger partial charge in [0.2, 0.25) is 0 Å². The second-order valence-corrected chi connectivity index (χ2v) is 6.01. The lowest BCUT2D eigenvalue weighted by molar-refractivity contribution is 0.833. The molecule has 0 unspecified atom stereocenters. The molecule has 0 spiro atoms. The van der Waals surface area contributed by atoms with Crippen LogP contribution in [0.15, 0.2) is 24.3 Å². The largest absolute Gasteiger partial charge is 0.370 e. The summed E-state index contributed by atoms with van der Waals surface area (Å²) in [6.07, 6.45) is 1.93. The predicted molar refractivity (Wildman–Crippen MR) is 97.4 cm³/mol. The number of nitrogens with zero attached hydrogens (tertiary/aromatic N) is 2. The van der Waals surface area contributed by atoms with Crippen LogP contribution in [0.4, 0.5) is 17.3 Å². The number of para-hydroxylation sites is 1. The molecule has 0 aliphatic rings. The highest BCUT2D eigenvalue weighted by Gasteiger charge is 2.11. The van der Waals surface area contributed by atoms with Gasteiger partial charge in [0.15, 0.2) is 0 Å². The third-order valence-corrected chi connectivity index (χ3v) is 4.08. The van der Waals surface area contributed by atoms with E-state index in [0.29, 0.717) is 0 Å². The highest BCUT2D eigenvalue weighted by molar-refractivity contribution is 14.1. The molecule has 2 rings (SSSR count). The van der Waals surface area contributed by atoms with E-state index in [1.54, 1.807) is 0 Å². The first-order chi connectivity index (χ1) is 10.2. The van der Waals surface area contributed by atoms with E-state index in [1.165, 1.54) is 3.57 Å². The molecule has 0 aliphatic carbocycles. The van der Waals surface area contributed by atoms with Crippen molar-refractivity contribution in [3.8, 4) is 0 Å². The zero-order chi connectivity index (χ0) is 15.2. The molecule has 1 heterocycles. The lowest BCUT2D eigenvalue weighted by Gasteiger charge is -2.15. The van der Waals surface area contributed by atoms with Crippen LogP contribution >= 0.6 is 22.6 Å². The van der Waals surface area contributed by atoms with E-state index in [1.807, 2.05) is 19.1 Å². The van der Waals surface area contributed by atoms with Gasteiger partial charge in [-0.2, -0.15) is 0 Å². The van der Waals surface area contributed by atoms with Crippen LogP contribution in [-0.4, -0.2) is 16.5 Å². The van der Waals surface area contributed by atoms with Gasteiger partial charge in [-0.05, 0) is 55.0 Å². The molecule has 0 saturated carbocycles. The van der Waals surface area contributed by atoms with Crippen LogP contribution in [0.1, 0.15) is 31.7 Å². The summed E-state index contributed by atoms with van der Waals surface area (Å²) in [7, 11) is 0. The van der Waals surface area contributed by atoms with Gasteiger partial charge in [0, 0.05) is 22.1 Å². The average molecular weight is 396 g/mol. The maximum atomic E-state index is 4.68. The van der Waals surface area contributed by atoms with Crippen LogP contribution in [0.25, 0.3) is 0 Å². The lowest BCUT2D eigenvalue weighted by atomic mass is 10.2. The number of anilines is 3. The van der Waals surface area contributed by atoms with Crippen molar-refractivity contribution in [3.05, 3.63) is 39.2 Å². The highest BCUT2D eigenvalue weighted by atomic mass is 127. The number of rotatable bonds is 6. The fourth-order valence-electron chi connectivity index (χ4n) is 2.05. The monoisotopic (exact) mass is 396 g/mol. The van der Waals surface area contributed by atoms with E-state index in [4.69, 9.17) is 0 Å². The number of halogens is 1. The van der Waals surface area contributed by atoms with Crippen LogP contribution in [0, 0.1) is 10.5 Å². The summed E-state index contributed by atoms with van der Waals surface area (Å²) in [6.45, 7) is 7.12. The summed E-state index contributed by atoms with van der Waals surface area (Å²) in [5.74, 6) is 2.69. The van der Waals surface area contributed by atoms with Crippen LogP contribution in [0.5, 0.6) is 0 Å². The SMILES string of the molecule is CCCc1nc(NCC)c(C)c(Nc2ccccc2I)n1. The molecule has 2 aromatic rings. The first-order valence-electron chi connectivity index (χ1n) is 7.28. The van der Waals surface area contributed by atoms with Gasteiger partial charge in [-0.1, -0.05) is 19.1 Å². The zero-order valence-electron chi connectivity index (χ0n) is 12.7. The van der Waals surface area contributed by atoms with E-state index in [0.717, 1.165) is 48.1 Å². The van der Waals surface area contributed by atoms with Crippen LogP contribution in [0.2, 0.25) is 0 Å². The molecule has 0 atom stereocenters. The molecule has 0 amide bonds. The summed E-state index contributed by atoms with van der Waals surface area (Å²) in [5.41, 5.74) is 2.13. The smallest absolute Gasteiger partial charge is 0.139 e. The summed E-state index contributed by atoms with van der Waals surface area (Å²) in [5, 5.41) is 6.76. The Balaban J connectivity index is 2.39. The first-order valence-corrected chi connectivity index (χ1v) is 8.36. The number of hydrogen-bond acceptors (Lipinski definition) is 4.